The van der Waals surface area contributed by atoms with E-state index >= 15 is 0 Å². The standard InChI is InChI=1S/C18H23BrN2/c1-13-4-7-15(8-5-13)12-21(3)18(11-20)16-9-6-14(2)10-17(16)19/h4-10,18H,11-12,20H2,1-3H3. The van der Waals surface area contributed by atoms with Crippen molar-refractivity contribution in [2.45, 2.75) is 26.4 Å². The van der Waals surface area contributed by atoms with E-state index < -0.39 is 0 Å². The third kappa shape index (κ3) is 4.16. The van der Waals surface area contributed by atoms with E-state index in [1.54, 1.807) is 0 Å². The average molecular weight is 347 g/mol. The van der Waals surface area contributed by atoms with Gasteiger partial charge in [-0.25, -0.2) is 0 Å². The molecule has 21 heavy (non-hydrogen) atoms. The zero-order chi connectivity index (χ0) is 15.4. The fraction of sp³-hybridized carbons (Fsp3) is 0.333. The SMILES string of the molecule is Cc1ccc(CN(C)C(CN)c2ccc(C)cc2Br)cc1. The summed E-state index contributed by atoms with van der Waals surface area (Å²) in [6.07, 6.45) is 0. The number of aryl methyl sites for hydroxylation is 2. The van der Waals surface area contributed by atoms with E-state index in [2.05, 4.69) is 84.2 Å². The summed E-state index contributed by atoms with van der Waals surface area (Å²) in [5.41, 5.74) is 11.1. The van der Waals surface area contributed by atoms with Gasteiger partial charge in [0.25, 0.3) is 0 Å². The molecule has 1 atom stereocenters. The summed E-state index contributed by atoms with van der Waals surface area (Å²) in [4.78, 5) is 2.31. The van der Waals surface area contributed by atoms with E-state index in [1.807, 2.05) is 0 Å². The second kappa shape index (κ2) is 7.21. The number of nitrogens with zero attached hydrogens (tertiary/aromatic N) is 1. The summed E-state index contributed by atoms with van der Waals surface area (Å²) in [6.45, 7) is 5.70. The first kappa shape index (κ1) is 16.2. The lowest BCUT2D eigenvalue weighted by Gasteiger charge is -2.28. The molecule has 0 heterocycles. The highest BCUT2D eigenvalue weighted by Crippen LogP contribution is 2.28. The molecule has 2 aromatic carbocycles. The molecule has 3 heteroatoms. The minimum Gasteiger partial charge on any atom is -0.329 e. The maximum absolute atomic E-state index is 6.03. The molecule has 2 nitrogen and oxygen atoms in total. The van der Waals surface area contributed by atoms with Crippen molar-refractivity contribution >= 4 is 15.9 Å². The van der Waals surface area contributed by atoms with Crippen LogP contribution in [0.5, 0.6) is 0 Å². The highest BCUT2D eigenvalue weighted by molar-refractivity contribution is 9.10. The summed E-state index contributed by atoms with van der Waals surface area (Å²) < 4.78 is 1.13. The minimum absolute atomic E-state index is 0.210. The fourth-order valence-electron chi connectivity index (χ4n) is 2.54. The fourth-order valence-corrected chi connectivity index (χ4v) is 3.30. The van der Waals surface area contributed by atoms with Gasteiger partial charge in [-0.3, -0.25) is 4.90 Å². The highest BCUT2D eigenvalue weighted by Gasteiger charge is 2.18. The Balaban J connectivity index is 2.18. The molecule has 0 radical (unpaired) electrons. The second-order valence-electron chi connectivity index (χ2n) is 5.68. The van der Waals surface area contributed by atoms with E-state index in [4.69, 9.17) is 5.73 Å². The molecule has 0 amide bonds. The molecule has 2 aromatic rings. The Kier molecular flexibility index (Phi) is 5.57. The first-order valence-electron chi connectivity index (χ1n) is 7.23. The number of hydrogen-bond acceptors (Lipinski definition) is 2. The van der Waals surface area contributed by atoms with Crippen LogP contribution in [-0.2, 0) is 6.54 Å². The predicted molar refractivity (Wildman–Crippen MR) is 93.3 cm³/mol. The molecule has 0 fully saturated rings. The van der Waals surface area contributed by atoms with E-state index in [0.717, 1.165) is 11.0 Å². The van der Waals surface area contributed by atoms with Crippen molar-refractivity contribution in [3.05, 3.63) is 69.2 Å². The second-order valence-corrected chi connectivity index (χ2v) is 6.53. The number of benzene rings is 2. The Morgan fingerprint density at radius 3 is 2.24 bits per heavy atom. The first-order valence-corrected chi connectivity index (χ1v) is 8.02. The summed E-state index contributed by atoms with van der Waals surface area (Å²) in [5, 5.41) is 0. The van der Waals surface area contributed by atoms with Crippen LogP contribution in [0.3, 0.4) is 0 Å². The number of hydrogen-bond donors (Lipinski definition) is 1. The van der Waals surface area contributed by atoms with Crippen LogP contribution in [0.1, 0.15) is 28.3 Å². The lowest BCUT2D eigenvalue weighted by atomic mass is 10.0. The number of likely N-dealkylation sites (N-methyl/N-ethyl adjacent to an activating group) is 1. The van der Waals surface area contributed by atoms with E-state index in [0.29, 0.717) is 6.54 Å². The van der Waals surface area contributed by atoms with Gasteiger partial charge in [0, 0.05) is 23.6 Å². The van der Waals surface area contributed by atoms with Gasteiger partial charge in [-0.15, -0.1) is 0 Å². The molecule has 0 spiro atoms. The molecule has 0 saturated carbocycles. The summed E-state index contributed by atoms with van der Waals surface area (Å²) in [5.74, 6) is 0. The number of nitrogens with two attached hydrogens (primary N) is 1. The molecular formula is C18H23BrN2. The molecule has 0 bridgehead atoms. The van der Waals surface area contributed by atoms with Gasteiger partial charge in [-0.1, -0.05) is 57.9 Å². The predicted octanol–water partition coefficient (Wildman–Crippen LogP) is 4.20. The van der Waals surface area contributed by atoms with Gasteiger partial charge in [-0.05, 0) is 43.7 Å². The van der Waals surface area contributed by atoms with Gasteiger partial charge in [0.2, 0.25) is 0 Å². The number of halogens is 1. The molecule has 2 rings (SSSR count). The third-order valence-electron chi connectivity index (χ3n) is 3.82. The van der Waals surface area contributed by atoms with E-state index in [1.165, 1.54) is 22.3 Å². The Morgan fingerprint density at radius 2 is 1.67 bits per heavy atom. The van der Waals surface area contributed by atoms with E-state index in [-0.39, 0.29) is 6.04 Å². The molecule has 1 unspecified atom stereocenters. The molecule has 2 N–H and O–H groups in total. The van der Waals surface area contributed by atoms with Crippen LogP contribution in [-0.4, -0.2) is 18.5 Å². The summed E-state index contributed by atoms with van der Waals surface area (Å²) in [6, 6.07) is 15.3. The van der Waals surface area contributed by atoms with Gasteiger partial charge in [-0.2, -0.15) is 0 Å². The molecule has 112 valence electrons. The maximum Gasteiger partial charge on any atom is 0.0482 e. The van der Waals surface area contributed by atoms with Crippen molar-refractivity contribution in [3.63, 3.8) is 0 Å². The average Bonchev–Trinajstić information content (AvgIpc) is 2.44. The van der Waals surface area contributed by atoms with Crippen LogP contribution < -0.4 is 5.73 Å². The Bertz CT molecular complexity index is 593. The molecule has 0 aliphatic heterocycles. The molecule has 0 saturated heterocycles. The van der Waals surface area contributed by atoms with Crippen LogP contribution in [0, 0.1) is 13.8 Å². The molecule has 0 aliphatic rings. The van der Waals surface area contributed by atoms with Gasteiger partial charge in [0.1, 0.15) is 0 Å². The highest BCUT2D eigenvalue weighted by atomic mass is 79.9. The van der Waals surface area contributed by atoms with Crippen LogP contribution in [0.4, 0.5) is 0 Å². The van der Waals surface area contributed by atoms with E-state index in [9.17, 15) is 0 Å². The van der Waals surface area contributed by atoms with Crippen LogP contribution in [0.25, 0.3) is 0 Å². The normalized spacial score (nSPS) is 12.7. The monoisotopic (exact) mass is 346 g/mol. The molecular weight excluding hydrogens is 324 g/mol. The van der Waals surface area contributed by atoms with Crippen molar-refractivity contribution in [2.24, 2.45) is 5.73 Å². The van der Waals surface area contributed by atoms with Crippen molar-refractivity contribution in [1.29, 1.82) is 0 Å². The van der Waals surface area contributed by atoms with Crippen molar-refractivity contribution in [1.82, 2.24) is 4.90 Å². The smallest absolute Gasteiger partial charge is 0.0482 e. The maximum atomic E-state index is 6.03. The molecule has 0 aromatic heterocycles. The van der Waals surface area contributed by atoms with Crippen LogP contribution in [0.15, 0.2) is 46.9 Å². The largest absolute Gasteiger partial charge is 0.329 e. The van der Waals surface area contributed by atoms with Gasteiger partial charge < -0.3 is 5.73 Å². The van der Waals surface area contributed by atoms with Crippen molar-refractivity contribution in [3.8, 4) is 0 Å². The summed E-state index contributed by atoms with van der Waals surface area (Å²) >= 11 is 3.67. The van der Waals surface area contributed by atoms with Crippen molar-refractivity contribution in [2.75, 3.05) is 13.6 Å². The zero-order valence-electron chi connectivity index (χ0n) is 12.9. The van der Waals surface area contributed by atoms with Gasteiger partial charge in [0.15, 0.2) is 0 Å². The topological polar surface area (TPSA) is 29.3 Å². The Hall–Kier alpha value is -1.16. The Morgan fingerprint density at radius 1 is 1.05 bits per heavy atom. The molecule has 0 aliphatic carbocycles. The van der Waals surface area contributed by atoms with Crippen molar-refractivity contribution < 1.29 is 0 Å². The quantitative estimate of drug-likeness (QED) is 0.878. The van der Waals surface area contributed by atoms with Gasteiger partial charge >= 0.3 is 0 Å². The van der Waals surface area contributed by atoms with Crippen LogP contribution >= 0.6 is 15.9 Å². The summed E-state index contributed by atoms with van der Waals surface area (Å²) in [7, 11) is 2.13. The van der Waals surface area contributed by atoms with Gasteiger partial charge in [0.05, 0.1) is 0 Å². The lowest BCUT2D eigenvalue weighted by Crippen LogP contribution is -2.30. The third-order valence-corrected chi connectivity index (χ3v) is 4.51. The first-order chi connectivity index (χ1) is 10.0. The number of rotatable bonds is 5. The Labute approximate surface area is 136 Å². The van der Waals surface area contributed by atoms with Crippen LogP contribution in [0.2, 0.25) is 0 Å². The zero-order valence-corrected chi connectivity index (χ0v) is 14.5. The minimum atomic E-state index is 0.210. The lowest BCUT2D eigenvalue weighted by molar-refractivity contribution is 0.241.